The van der Waals surface area contributed by atoms with Gasteiger partial charge in [0.25, 0.3) is 0 Å². The molecule has 1 aliphatic rings. The molecule has 2 rings (SSSR count). The van der Waals surface area contributed by atoms with E-state index in [-0.39, 0.29) is 0 Å². The van der Waals surface area contributed by atoms with Crippen LogP contribution in [-0.4, -0.2) is 37.1 Å². The first-order valence-electron chi connectivity index (χ1n) is 7.15. The zero-order valence-electron chi connectivity index (χ0n) is 11.7. The van der Waals surface area contributed by atoms with E-state index >= 15 is 0 Å². The maximum Gasteiger partial charge on any atom is 0.0638 e. The van der Waals surface area contributed by atoms with Crippen LogP contribution < -0.4 is 5.32 Å². The molecule has 3 heteroatoms. The Morgan fingerprint density at radius 3 is 2.84 bits per heavy atom. The van der Waals surface area contributed by atoms with Gasteiger partial charge in [-0.05, 0) is 24.4 Å². The molecule has 102 valence electrons. The van der Waals surface area contributed by atoms with Crippen LogP contribution in [-0.2, 0) is 6.42 Å². The van der Waals surface area contributed by atoms with E-state index in [0.29, 0.717) is 18.4 Å². The third kappa shape index (κ3) is 4.34. The lowest BCUT2D eigenvalue weighted by Gasteiger charge is -2.29. The highest BCUT2D eigenvalue weighted by atomic mass is 15.2. The largest absolute Gasteiger partial charge is 0.315 e. The van der Waals surface area contributed by atoms with Crippen molar-refractivity contribution in [3.05, 3.63) is 35.9 Å². The smallest absolute Gasteiger partial charge is 0.0638 e. The fraction of sp³-hybridized carbons (Fsp3) is 0.562. The molecule has 0 spiro atoms. The van der Waals surface area contributed by atoms with Gasteiger partial charge in [-0.1, -0.05) is 37.3 Å². The molecule has 0 aliphatic carbocycles. The molecule has 0 saturated carbocycles. The molecular formula is C16H23N3. The van der Waals surface area contributed by atoms with Gasteiger partial charge in [0.2, 0.25) is 0 Å². The average molecular weight is 257 g/mol. The van der Waals surface area contributed by atoms with Crippen molar-refractivity contribution < 1.29 is 0 Å². The standard InChI is InChI=1S/C16H23N3/c1-14-11-18-12-16(7-9-17)19(13-14)10-8-15-5-3-2-4-6-15/h2-6,14,16,18H,7-8,10-13H2,1H3. The summed E-state index contributed by atoms with van der Waals surface area (Å²) in [5.41, 5.74) is 1.38. The van der Waals surface area contributed by atoms with Crippen molar-refractivity contribution >= 4 is 0 Å². The van der Waals surface area contributed by atoms with E-state index < -0.39 is 0 Å². The highest BCUT2D eigenvalue weighted by molar-refractivity contribution is 5.15. The molecule has 1 N–H and O–H groups in total. The topological polar surface area (TPSA) is 39.1 Å². The number of nitriles is 1. The van der Waals surface area contributed by atoms with Crippen molar-refractivity contribution in [2.75, 3.05) is 26.2 Å². The van der Waals surface area contributed by atoms with Gasteiger partial charge < -0.3 is 5.32 Å². The Morgan fingerprint density at radius 1 is 1.32 bits per heavy atom. The van der Waals surface area contributed by atoms with Crippen molar-refractivity contribution in [2.45, 2.75) is 25.8 Å². The van der Waals surface area contributed by atoms with E-state index in [2.05, 4.69) is 53.5 Å². The molecule has 1 saturated heterocycles. The second-order valence-corrected chi connectivity index (χ2v) is 5.51. The van der Waals surface area contributed by atoms with E-state index in [0.717, 1.165) is 32.6 Å². The Balaban J connectivity index is 1.95. The summed E-state index contributed by atoms with van der Waals surface area (Å²) in [4.78, 5) is 2.49. The number of hydrogen-bond acceptors (Lipinski definition) is 3. The van der Waals surface area contributed by atoms with E-state index in [1.165, 1.54) is 5.56 Å². The molecule has 19 heavy (non-hydrogen) atoms. The minimum Gasteiger partial charge on any atom is -0.315 e. The van der Waals surface area contributed by atoms with E-state index in [4.69, 9.17) is 5.26 Å². The third-order valence-corrected chi connectivity index (χ3v) is 3.79. The van der Waals surface area contributed by atoms with Crippen molar-refractivity contribution in [3.63, 3.8) is 0 Å². The lowest BCUT2D eigenvalue weighted by Crippen LogP contribution is -2.41. The highest BCUT2D eigenvalue weighted by Gasteiger charge is 2.23. The van der Waals surface area contributed by atoms with Crippen molar-refractivity contribution in [1.82, 2.24) is 10.2 Å². The zero-order valence-corrected chi connectivity index (χ0v) is 11.7. The van der Waals surface area contributed by atoms with Gasteiger partial charge in [0, 0.05) is 25.7 Å². The molecule has 1 aliphatic heterocycles. The fourth-order valence-electron chi connectivity index (χ4n) is 2.74. The first kappa shape index (κ1) is 14.0. The van der Waals surface area contributed by atoms with Gasteiger partial charge in [-0.25, -0.2) is 0 Å². The maximum absolute atomic E-state index is 8.97. The quantitative estimate of drug-likeness (QED) is 0.897. The van der Waals surface area contributed by atoms with Crippen LogP contribution in [0.1, 0.15) is 18.9 Å². The summed E-state index contributed by atoms with van der Waals surface area (Å²) >= 11 is 0. The number of nitrogens with zero attached hydrogens (tertiary/aromatic N) is 2. The summed E-state index contributed by atoms with van der Waals surface area (Å²) in [5, 5.41) is 12.4. The number of benzene rings is 1. The maximum atomic E-state index is 8.97. The van der Waals surface area contributed by atoms with Crippen LogP contribution >= 0.6 is 0 Å². The summed E-state index contributed by atoms with van der Waals surface area (Å²) in [5.74, 6) is 0.652. The van der Waals surface area contributed by atoms with Gasteiger partial charge in [-0.2, -0.15) is 5.26 Å². The van der Waals surface area contributed by atoms with Crippen LogP contribution in [0.4, 0.5) is 0 Å². The molecular weight excluding hydrogens is 234 g/mol. The van der Waals surface area contributed by atoms with Crippen LogP contribution in [0, 0.1) is 17.2 Å². The molecule has 3 nitrogen and oxygen atoms in total. The lowest BCUT2D eigenvalue weighted by atomic mass is 10.1. The first-order valence-corrected chi connectivity index (χ1v) is 7.15. The SMILES string of the molecule is CC1CNCC(CC#N)N(CCc2ccccc2)C1. The molecule has 1 aromatic carbocycles. The van der Waals surface area contributed by atoms with Crippen LogP contribution in [0.25, 0.3) is 0 Å². The van der Waals surface area contributed by atoms with Gasteiger partial charge >= 0.3 is 0 Å². The predicted molar refractivity (Wildman–Crippen MR) is 77.8 cm³/mol. The molecule has 0 bridgehead atoms. The Kier molecular flexibility index (Phi) is 5.38. The Labute approximate surface area is 116 Å². The van der Waals surface area contributed by atoms with Gasteiger partial charge in [0.15, 0.2) is 0 Å². The Bertz CT molecular complexity index is 410. The summed E-state index contributed by atoms with van der Waals surface area (Å²) in [6, 6.07) is 13.3. The van der Waals surface area contributed by atoms with Crippen LogP contribution in [0.15, 0.2) is 30.3 Å². The molecule has 1 fully saturated rings. The molecule has 1 heterocycles. The molecule has 0 amide bonds. The van der Waals surface area contributed by atoms with Crippen LogP contribution in [0.3, 0.4) is 0 Å². The first-order chi connectivity index (χ1) is 9.29. The molecule has 2 atom stereocenters. The van der Waals surface area contributed by atoms with E-state index in [1.807, 2.05) is 0 Å². The van der Waals surface area contributed by atoms with Crippen molar-refractivity contribution in [1.29, 1.82) is 5.26 Å². The van der Waals surface area contributed by atoms with Gasteiger partial charge in [-0.15, -0.1) is 0 Å². The normalized spacial score (nSPS) is 24.6. The molecule has 0 radical (unpaired) electrons. The zero-order chi connectivity index (χ0) is 13.5. The van der Waals surface area contributed by atoms with Gasteiger partial charge in [0.05, 0.1) is 12.5 Å². The molecule has 2 unspecified atom stereocenters. The second kappa shape index (κ2) is 7.28. The number of rotatable bonds is 4. The summed E-state index contributed by atoms with van der Waals surface area (Å²) in [6.45, 7) is 6.41. The van der Waals surface area contributed by atoms with Crippen LogP contribution in [0.2, 0.25) is 0 Å². The average Bonchev–Trinajstić information content (AvgIpc) is 2.60. The molecule has 1 aromatic rings. The predicted octanol–water partition coefficient (Wildman–Crippen LogP) is 2.05. The fourth-order valence-corrected chi connectivity index (χ4v) is 2.74. The Hall–Kier alpha value is -1.37. The Morgan fingerprint density at radius 2 is 2.11 bits per heavy atom. The van der Waals surface area contributed by atoms with E-state index in [9.17, 15) is 0 Å². The van der Waals surface area contributed by atoms with Crippen molar-refractivity contribution in [2.24, 2.45) is 5.92 Å². The minimum atomic E-state index is 0.360. The lowest BCUT2D eigenvalue weighted by molar-refractivity contribution is 0.196. The summed E-state index contributed by atoms with van der Waals surface area (Å²) in [7, 11) is 0. The van der Waals surface area contributed by atoms with Gasteiger partial charge in [-0.3, -0.25) is 4.90 Å². The van der Waals surface area contributed by atoms with Crippen LogP contribution in [0.5, 0.6) is 0 Å². The monoisotopic (exact) mass is 257 g/mol. The summed E-state index contributed by atoms with van der Waals surface area (Å²) < 4.78 is 0. The van der Waals surface area contributed by atoms with E-state index in [1.54, 1.807) is 0 Å². The molecule has 0 aromatic heterocycles. The highest BCUT2D eigenvalue weighted by Crippen LogP contribution is 2.12. The van der Waals surface area contributed by atoms with Crippen molar-refractivity contribution in [3.8, 4) is 6.07 Å². The van der Waals surface area contributed by atoms with Gasteiger partial charge in [0.1, 0.15) is 0 Å². The third-order valence-electron chi connectivity index (χ3n) is 3.79. The number of nitrogens with one attached hydrogen (secondary N) is 1. The minimum absolute atomic E-state index is 0.360. The second-order valence-electron chi connectivity index (χ2n) is 5.51. The number of hydrogen-bond donors (Lipinski definition) is 1. The summed E-state index contributed by atoms with van der Waals surface area (Å²) in [6.07, 6.45) is 1.68.